The number of amidine groups is 1. The van der Waals surface area contributed by atoms with E-state index >= 15 is 0 Å². The van der Waals surface area contributed by atoms with Crippen molar-refractivity contribution in [1.29, 1.82) is 0 Å². The van der Waals surface area contributed by atoms with Gasteiger partial charge >= 0.3 is 0 Å². The van der Waals surface area contributed by atoms with E-state index in [4.69, 9.17) is 22.5 Å². The minimum absolute atomic E-state index is 0.0685. The highest BCUT2D eigenvalue weighted by molar-refractivity contribution is 6.30. The molecule has 0 fully saturated rings. The van der Waals surface area contributed by atoms with E-state index in [0.717, 1.165) is 0 Å². The van der Waals surface area contributed by atoms with Crippen LogP contribution < -0.4 is 5.73 Å². The molecule has 0 aliphatic carbocycles. The van der Waals surface area contributed by atoms with Crippen molar-refractivity contribution >= 4 is 17.4 Å². The van der Waals surface area contributed by atoms with Gasteiger partial charge in [0, 0.05) is 12.1 Å². The standard InChI is InChI=1S/C7H11ClN4O/c1-5(7(9)11-13)3-12-4-6(8)2-10-12/h2,4-5,13H,3H2,1H3,(H2,9,11)/t5-/m0/s1. The summed E-state index contributed by atoms with van der Waals surface area (Å²) in [5, 5.41) is 15.8. The van der Waals surface area contributed by atoms with Crippen molar-refractivity contribution in [3.05, 3.63) is 17.4 Å². The van der Waals surface area contributed by atoms with Gasteiger partial charge in [0.15, 0.2) is 0 Å². The zero-order valence-electron chi connectivity index (χ0n) is 7.18. The van der Waals surface area contributed by atoms with E-state index < -0.39 is 0 Å². The molecule has 6 heteroatoms. The summed E-state index contributed by atoms with van der Waals surface area (Å²) < 4.78 is 1.64. The number of aromatic nitrogens is 2. The van der Waals surface area contributed by atoms with Crippen LogP contribution in [0.25, 0.3) is 0 Å². The summed E-state index contributed by atoms with van der Waals surface area (Å²) in [7, 11) is 0. The van der Waals surface area contributed by atoms with Crippen LogP contribution in [-0.2, 0) is 6.54 Å². The van der Waals surface area contributed by atoms with Gasteiger partial charge in [-0.05, 0) is 0 Å². The third-order valence-electron chi connectivity index (χ3n) is 1.68. The van der Waals surface area contributed by atoms with Gasteiger partial charge in [0.1, 0.15) is 5.84 Å². The van der Waals surface area contributed by atoms with Crippen molar-refractivity contribution in [2.45, 2.75) is 13.5 Å². The van der Waals surface area contributed by atoms with Gasteiger partial charge < -0.3 is 10.9 Å². The lowest BCUT2D eigenvalue weighted by Crippen LogP contribution is -2.25. The number of nitrogens with zero attached hydrogens (tertiary/aromatic N) is 3. The highest BCUT2D eigenvalue weighted by Gasteiger charge is 2.08. The van der Waals surface area contributed by atoms with E-state index in [1.54, 1.807) is 17.1 Å². The van der Waals surface area contributed by atoms with Gasteiger partial charge in [-0.2, -0.15) is 5.10 Å². The molecule has 0 saturated heterocycles. The van der Waals surface area contributed by atoms with E-state index in [0.29, 0.717) is 11.6 Å². The van der Waals surface area contributed by atoms with Gasteiger partial charge in [-0.15, -0.1) is 0 Å². The van der Waals surface area contributed by atoms with E-state index in [9.17, 15) is 0 Å². The van der Waals surface area contributed by atoms with Crippen molar-refractivity contribution in [2.24, 2.45) is 16.8 Å². The number of nitrogens with two attached hydrogens (primary N) is 1. The highest BCUT2D eigenvalue weighted by Crippen LogP contribution is 2.07. The average molecular weight is 203 g/mol. The second-order valence-electron chi connectivity index (χ2n) is 2.81. The molecule has 1 aromatic rings. The summed E-state index contributed by atoms with van der Waals surface area (Å²) in [5.41, 5.74) is 5.40. The first-order chi connectivity index (χ1) is 6.13. The van der Waals surface area contributed by atoms with Crippen LogP contribution in [-0.4, -0.2) is 20.8 Å². The van der Waals surface area contributed by atoms with Crippen LogP contribution in [0.15, 0.2) is 17.5 Å². The van der Waals surface area contributed by atoms with E-state index in [1.165, 1.54) is 0 Å². The molecule has 0 radical (unpaired) electrons. The maximum absolute atomic E-state index is 8.40. The fourth-order valence-corrected chi connectivity index (χ4v) is 1.07. The molecule has 13 heavy (non-hydrogen) atoms. The van der Waals surface area contributed by atoms with Gasteiger partial charge in [-0.3, -0.25) is 4.68 Å². The molecule has 0 aliphatic heterocycles. The van der Waals surface area contributed by atoms with Crippen LogP contribution in [0, 0.1) is 5.92 Å². The minimum atomic E-state index is -0.0685. The fourth-order valence-electron chi connectivity index (χ4n) is 0.911. The topological polar surface area (TPSA) is 76.4 Å². The second-order valence-corrected chi connectivity index (χ2v) is 3.24. The SMILES string of the molecule is C[C@@H](Cn1cc(Cl)cn1)/C(N)=N/O. The van der Waals surface area contributed by atoms with Crippen molar-refractivity contribution in [2.75, 3.05) is 0 Å². The molecule has 0 aliphatic rings. The number of hydrogen-bond acceptors (Lipinski definition) is 3. The van der Waals surface area contributed by atoms with Crippen molar-refractivity contribution < 1.29 is 5.21 Å². The number of hydrogen-bond donors (Lipinski definition) is 2. The molecule has 0 aromatic carbocycles. The van der Waals surface area contributed by atoms with Crippen LogP contribution in [0.4, 0.5) is 0 Å². The lowest BCUT2D eigenvalue weighted by atomic mass is 10.1. The lowest BCUT2D eigenvalue weighted by Gasteiger charge is -2.08. The normalized spacial score (nSPS) is 14.5. The molecule has 0 unspecified atom stereocenters. The van der Waals surface area contributed by atoms with Gasteiger partial charge in [-0.25, -0.2) is 0 Å². The van der Waals surface area contributed by atoms with E-state index in [1.807, 2.05) is 6.92 Å². The third kappa shape index (κ3) is 2.62. The van der Waals surface area contributed by atoms with Crippen LogP contribution >= 0.6 is 11.6 Å². The first-order valence-electron chi connectivity index (χ1n) is 3.79. The van der Waals surface area contributed by atoms with Gasteiger partial charge in [0.25, 0.3) is 0 Å². The first-order valence-corrected chi connectivity index (χ1v) is 4.16. The molecule has 1 atom stereocenters. The summed E-state index contributed by atoms with van der Waals surface area (Å²) >= 11 is 5.66. The molecule has 3 N–H and O–H groups in total. The van der Waals surface area contributed by atoms with Crippen molar-refractivity contribution in [1.82, 2.24) is 9.78 Å². The van der Waals surface area contributed by atoms with Crippen LogP contribution in [0.5, 0.6) is 0 Å². The van der Waals surface area contributed by atoms with Crippen LogP contribution in [0.2, 0.25) is 5.02 Å². The smallest absolute Gasteiger partial charge is 0.143 e. The Morgan fingerprint density at radius 3 is 3.08 bits per heavy atom. The third-order valence-corrected chi connectivity index (χ3v) is 1.88. The molecule has 5 nitrogen and oxygen atoms in total. The highest BCUT2D eigenvalue weighted by atomic mass is 35.5. The molecule has 1 heterocycles. The molecule has 0 saturated carbocycles. The predicted molar refractivity (Wildman–Crippen MR) is 49.8 cm³/mol. The summed E-state index contributed by atoms with van der Waals surface area (Å²) in [6.45, 7) is 2.38. The molecule has 0 spiro atoms. The lowest BCUT2D eigenvalue weighted by molar-refractivity contribution is 0.313. The zero-order valence-corrected chi connectivity index (χ0v) is 7.94. The molecule has 1 rings (SSSR count). The largest absolute Gasteiger partial charge is 0.409 e. The summed E-state index contributed by atoms with van der Waals surface area (Å²) in [4.78, 5) is 0. The Labute approximate surface area is 80.8 Å². The maximum Gasteiger partial charge on any atom is 0.143 e. The Bertz CT molecular complexity index is 309. The monoisotopic (exact) mass is 202 g/mol. The van der Waals surface area contributed by atoms with E-state index in [-0.39, 0.29) is 11.8 Å². The zero-order chi connectivity index (χ0) is 9.84. The number of rotatable bonds is 3. The van der Waals surface area contributed by atoms with E-state index in [2.05, 4.69) is 10.3 Å². The molecule has 1 aromatic heterocycles. The number of oxime groups is 1. The van der Waals surface area contributed by atoms with Crippen LogP contribution in [0.3, 0.4) is 0 Å². The van der Waals surface area contributed by atoms with Gasteiger partial charge in [0.05, 0.1) is 17.8 Å². The summed E-state index contributed by atoms with van der Waals surface area (Å²) in [6.07, 6.45) is 3.23. The predicted octanol–water partition coefficient (Wildman–Crippen LogP) is 0.919. The molecular weight excluding hydrogens is 192 g/mol. The molecular formula is C7H11ClN4O. The van der Waals surface area contributed by atoms with Crippen molar-refractivity contribution in [3.63, 3.8) is 0 Å². The Morgan fingerprint density at radius 1 is 1.92 bits per heavy atom. The minimum Gasteiger partial charge on any atom is -0.409 e. The Balaban J connectivity index is 2.59. The molecule has 72 valence electrons. The fraction of sp³-hybridized carbons (Fsp3) is 0.429. The Hall–Kier alpha value is -1.23. The maximum atomic E-state index is 8.40. The van der Waals surface area contributed by atoms with Crippen LogP contribution in [0.1, 0.15) is 6.92 Å². The Morgan fingerprint density at radius 2 is 2.62 bits per heavy atom. The Kier molecular flexibility index (Phi) is 3.13. The average Bonchev–Trinajstić information content (AvgIpc) is 2.49. The summed E-state index contributed by atoms with van der Waals surface area (Å²) in [6, 6.07) is 0. The quantitative estimate of drug-likeness (QED) is 0.331. The van der Waals surface area contributed by atoms with Gasteiger partial charge in [-0.1, -0.05) is 23.7 Å². The molecule has 0 amide bonds. The molecule has 0 bridgehead atoms. The second kappa shape index (κ2) is 4.13. The number of halogens is 1. The first kappa shape index (κ1) is 9.85. The van der Waals surface area contributed by atoms with Gasteiger partial charge in [0.2, 0.25) is 0 Å². The summed E-state index contributed by atoms with van der Waals surface area (Å²) in [5.74, 6) is 0.118. The van der Waals surface area contributed by atoms with Crippen molar-refractivity contribution in [3.8, 4) is 0 Å².